The van der Waals surface area contributed by atoms with Crippen LogP contribution in [0, 0.1) is 0 Å². The van der Waals surface area contributed by atoms with Crippen molar-refractivity contribution in [2.24, 2.45) is 0 Å². The number of anilines is 1. The van der Waals surface area contributed by atoms with Crippen LogP contribution in [0.2, 0.25) is 5.02 Å². The maximum absolute atomic E-state index is 6.25. The number of ether oxygens (including phenoxy) is 1. The van der Waals surface area contributed by atoms with Crippen molar-refractivity contribution in [2.45, 2.75) is 12.5 Å². The number of rotatable bonds is 3. The van der Waals surface area contributed by atoms with Crippen molar-refractivity contribution < 1.29 is 4.74 Å². The van der Waals surface area contributed by atoms with Gasteiger partial charge >= 0.3 is 0 Å². The third-order valence-electron chi connectivity index (χ3n) is 2.92. The van der Waals surface area contributed by atoms with Crippen LogP contribution in [0.4, 0.5) is 5.69 Å². The summed E-state index contributed by atoms with van der Waals surface area (Å²) >= 11 is 6.25. The highest BCUT2D eigenvalue weighted by atomic mass is 35.5. The molecular weight excluding hydrogens is 252 g/mol. The van der Waals surface area contributed by atoms with Crippen molar-refractivity contribution in [3.8, 4) is 5.69 Å². The summed E-state index contributed by atoms with van der Waals surface area (Å²) in [6, 6.07) is 6.07. The van der Waals surface area contributed by atoms with Crippen LogP contribution in [0.25, 0.3) is 5.69 Å². The van der Waals surface area contributed by atoms with Gasteiger partial charge in [0.15, 0.2) is 0 Å². The maximum Gasteiger partial charge on any atom is 0.138 e. The predicted molar refractivity (Wildman–Crippen MR) is 69.2 cm³/mol. The van der Waals surface area contributed by atoms with E-state index in [1.54, 1.807) is 11.0 Å². The molecule has 1 aliphatic rings. The Balaban J connectivity index is 1.95. The molecule has 6 heteroatoms. The molecule has 94 valence electrons. The summed E-state index contributed by atoms with van der Waals surface area (Å²) < 4.78 is 7.03. The Morgan fingerprint density at radius 1 is 1.44 bits per heavy atom. The van der Waals surface area contributed by atoms with Gasteiger partial charge in [-0.15, -0.1) is 0 Å². The second-order valence-electron chi connectivity index (χ2n) is 4.18. The van der Waals surface area contributed by atoms with Gasteiger partial charge in [0, 0.05) is 6.61 Å². The van der Waals surface area contributed by atoms with Crippen molar-refractivity contribution in [1.29, 1.82) is 0 Å². The number of aromatic nitrogens is 3. The molecule has 18 heavy (non-hydrogen) atoms. The summed E-state index contributed by atoms with van der Waals surface area (Å²) in [4.78, 5) is 3.95. The van der Waals surface area contributed by atoms with Crippen molar-refractivity contribution in [1.82, 2.24) is 14.8 Å². The summed E-state index contributed by atoms with van der Waals surface area (Å²) in [7, 11) is 0. The van der Waals surface area contributed by atoms with Gasteiger partial charge < -0.3 is 10.1 Å². The smallest absolute Gasteiger partial charge is 0.138 e. The van der Waals surface area contributed by atoms with E-state index in [1.165, 1.54) is 6.33 Å². The Hall–Kier alpha value is -1.59. The van der Waals surface area contributed by atoms with Crippen LogP contribution in [-0.4, -0.2) is 34.0 Å². The van der Waals surface area contributed by atoms with Crippen LogP contribution in [0.3, 0.4) is 0 Å². The molecule has 1 aromatic heterocycles. The first kappa shape index (κ1) is 11.5. The number of benzene rings is 1. The monoisotopic (exact) mass is 264 g/mol. The Bertz CT molecular complexity index is 523. The first-order valence-electron chi connectivity index (χ1n) is 5.82. The molecule has 5 nitrogen and oxygen atoms in total. The van der Waals surface area contributed by atoms with Gasteiger partial charge in [0.25, 0.3) is 0 Å². The van der Waals surface area contributed by atoms with E-state index < -0.39 is 0 Å². The number of nitrogens with one attached hydrogen (secondary N) is 1. The largest absolute Gasteiger partial charge is 0.379 e. The van der Waals surface area contributed by atoms with E-state index in [1.807, 2.05) is 18.2 Å². The molecule has 2 aromatic rings. The van der Waals surface area contributed by atoms with Crippen molar-refractivity contribution in [3.05, 3.63) is 35.9 Å². The molecule has 0 bridgehead atoms. The summed E-state index contributed by atoms with van der Waals surface area (Å²) in [5.41, 5.74) is 1.77. The molecule has 1 aromatic carbocycles. The number of para-hydroxylation sites is 1. The lowest BCUT2D eigenvalue weighted by molar-refractivity contribution is 0.195. The van der Waals surface area contributed by atoms with Crippen LogP contribution in [0.1, 0.15) is 6.42 Å². The molecule has 3 rings (SSSR count). The van der Waals surface area contributed by atoms with Gasteiger partial charge in [0.2, 0.25) is 0 Å². The molecule has 1 unspecified atom stereocenters. The second kappa shape index (κ2) is 4.96. The third-order valence-corrected chi connectivity index (χ3v) is 3.23. The summed E-state index contributed by atoms with van der Waals surface area (Å²) in [6.45, 7) is 1.53. The standard InChI is InChI=1S/C12H13ClN4O/c13-10-2-1-3-11(16-9-4-5-18-6-9)12(10)17-8-14-7-15-17/h1-3,7-9,16H,4-6H2. The lowest BCUT2D eigenvalue weighted by atomic mass is 10.2. The van der Waals surface area contributed by atoms with Crippen LogP contribution in [0.15, 0.2) is 30.9 Å². The molecule has 0 radical (unpaired) electrons. The van der Waals surface area contributed by atoms with Gasteiger partial charge in [-0.1, -0.05) is 17.7 Å². The minimum Gasteiger partial charge on any atom is -0.379 e. The van der Waals surface area contributed by atoms with E-state index >= 15 is 0 Å². The van der Waals surface area contributed by atoms with Crippen LogP contribution in [0.5, 0.6) is 0 Å². The average molecular weight is 265 g/mol. The molecule has 1 aliphatic heterocycles. The number of hydrogen-bond donors (Lipinski definition) is 1. The third kappa shape index (κ3) is 2.19. The highest BCUT2D eigenvalue weighted by Gasteiger charge is 2.18. The van der Waals surface area contributed by atoms with E-state index in [-0.39, 0.29) is 0 Å². The second-order valence-corrected chi connectivity index (χ2v) is 4.59. The lowest BCUT2D eigenvalue weighted by Crippen LogP contribution is -2.20. The van der Waals surface area contributed by atoms with Gasteiger partial charge in [0.05, 0.1) is 23.4 Å². The summed E-state index contributed by atoms with van der Waals surface area (Å²) in [5, 5.41) is 8.22. The number of hydrogen-bond acceptors (Lipinski definition) is 4. The lowest BCUT2D eigenvalue weighted by Gasteiger charge is -2.16. The van der Waals surface area contributed by atoms with Gasteiger partial charge in [0.1, 0.15) is 18.3 Å². The Labute approximate surface area is 110 Å². The fourth-order valence-corrected chi connectivity index (χ4v) is 2.32. The van der Waals surface area contributed by atoms with Crippen molar-refractivity contribution >= 4 is 17.3 Å². The van der Waals surface area contributed by atoms with E-state index in [4.69, 9.17) is 16.3 Å². The predicted octanol–water partition coefficient (Wildman–Crippen LogP) is 2.12. The summed E-state index contributed by atoms with van der Waals surface area (Å²) in [5.74, 6) is 0. The molecule has 1 fully saturated rings. The van der Waals surface area contributed by atoms with Crippen LogP contribution in [-0.2, 0) is 4.74 Å². The average Bonchev–Trinajstić information content (AvgIpc) is 3.01. The first-order chi connectivity index (χ1) is 8.84. The zero-order valence-electron chi connectivity index (χ0n) is 9.71. The zero-order chi connectivity index (χ0) is 12.4. The number of halogens is 1. The molecule has 0 amide bonds. The van der Waals surface area contributed by atoms with Gasteiger partial charge in [-0.2, -0.15) is 5.10 Å². The number of nitrogens with zero attached hydrogens (tertiary/aromatic N) is 3. The Kier molecular flexibility index (Phi) is 3.17. The SMILES string of the molecule is Clc1cccc(NC2CCOC2)c1-n1cncn1. The topological polar surface area (TPSA) is 52.0 Å². The van der Waals surface area contributed by atoms with Gasteiger partial charge in [-0.3, -0.25) is 0 Å². The Morgan fingerprint density at radius 2 is 2.39 bits per heavy atom. The minimum absolute atomic E-state index is 0.325. The van der Waals surface area contributed by atoms with Crippen LogP contribution < -0.4 is 5.32 Å². The van der Waals surface area contributed by atoms with Gasteiger partial charge in [-0.05, 0) is 18.6 Å². The molecule has 2 heterocycles. The molecule has 0 spiro atoms. The summed E-state index contributed by atoms with van der Waals surface area (Å²) in [6.07, 6.45) is 4.13. The van der Waals surface area contributed by atoms with Crippen LogP contribution >= 0.6 is 11.6 Å². The van der Waals surface area contributed by atoms with E-state index in [0.29, 0.717) is 11.1 Å². The maximum atomic E-state index is 6.25. The van der Waals surface area contributed by atoms with Crippen molar-refractivity contribution in [3.63, 3.8) is 0 Å². The molecule has 0 saturated carbocycles. The van der Waals surface area contributed by atoms with Gasteiger partial charge in [-0.25, -0.2) is 9.67 Å². The highest BCUT2D eigenvalue weighted by Crippen LogP contribution is 2.28. The fourth-order valence-electron chi connectivity index (χ4n) is 2.06. The minimum atomic E-state index is 0.325. The van der Waals surface area contributed by atoms with E-state index in [2.05, 4.69) is 15.4 Å². The van der Waals surface area contributed by atoms with E-state index in [0.717, 1.165) is 31.0 Å². The quantitative estimate of drug-likeness (QED) is 0.923. The molecule has 1 N–H and O–H groups in total. The first-order valence-corrected chi connectivity index (χ1v) is 6.20. The fraction of sp³-hybridized carbons (Fsp3) is 0.333. The molecule has 1 atom stereocenters. The van der Waals surface area contributed by atoms with Crippen molar-refractivity contribution in [2.75, 3.05) is 18.5 Å². The Morgan fingerprint density at radius 3 is 3.11 bits per heavy atom. The molecular formula is C12H13ClN4O. The molecule has 1 saturated heterocycles. The van der Waals surface area contributed by atoms with E-state index in [9.17, 15) is 0 Å². The highest BCUT2D eigenvalue weighted by molar-refractivity contribution is 6.33. The normalized spacial score (nSPS) is 19.1. The zero-order valence-corrected chi connectivity index (χ0v) is 10.5. The molecule has 0 aliphatic carbocycles.